The highest BCUT2D eigenvalue weighted by molar-refractivity contribution is 6.31. The van der Waals surface area contributed by atoms with E-state index in [0.29, 0.717) is 22.9 Å². The van der Waals surface area contributed by atoms with Gasteiger partial charge in [-0.3, -0.25) is 0 Å². The number of hydrogen-bond acceptors (Lipinski definition) is 4. The normalized spacial score (nSPS) is 10.7. The number of halogens is 1. The maximum atomic E-state index is 6.15. The monoisotopic (exact) mass is 266 g/mol. The van der Waals surface area contributed by atoms with Crippen molar-refractivity contribution in [3.8, 4) is 17.0 Å². The molecule has 0 saturated heterocycles. The molecule has 0 saturated carbocycles. The largest absolute Gasteiger partial charge is 0.496 e. The Morgan fingerprint density at radius 3 is 2.78 bits per heavy atom. The number of methoxy groups -OCH3 is 1. The minimum absolute atomic E-state index is 0.153. The lowest BCUT2D eigenvalue weighted by Gasteiger charge is -2.09. The lowest BCUT2D eigenvalue weighted by molar-refractivity contribution is 0.416. The predicted molar refractivity (Wildman–Crippen MR) is 72.0 cm³/mol. The van der Waals surface area contributed by atoms with Crippen molar-refractivity contribution in [2.75, 3.05) is 12.8 Å². The van der Waals surface area contributed by atoms with Crippen LogP contribution >= 0.6 is 11.6 Å². The van der Waals surface area contributed by atoms with Gasteiger partial charge in [-0.15, -0.1) is 0 Å². The molecule has 1 heterocycles. The van der Waals surface area contributed by atoms with Gasteiger partial charge in [0.25, 0.3) is 6.01 Å². The molecule has 0 aliphatic heterocycles. The average molecular weight is 267 g/mol. The van der Waals surface area contributed by atoms with E-state index >= 15 is 0 Å². The Kier molecular flexibility index (Phi) is 3.48. The molecule has 0 aliphatic rings. The number of nitrogens with two attached hydrogens (primary N) is 1. The number of anilines is 1. The first kappa shape index (κ1) is 12.8. The van der Waals surface area contributed by atoms with Gasteiger partial charge in [-0.25, -0.2) is 0 Å². The number of ether oxygens (including phenoxy) is 1. The van der Waals surface area contributed by atoms with Crippen LogP contribution in [0, 0.1) is 6.92 Å². The zero-order valence-electron chi connectivity index (χ0n) is 10.6. The van der Waals surface area contributed by atoms with E-state index in [1.54, 1.807) is 7.11 Å². The van der Waals surface area contributed by atoms with Crippen molar-refractivity contribution in [2.24, 2.45) is 0 Å². The fourth-order valence-electron chi connectivity index (χ4n) is 1.83. The number of aryl methyl sites for hydroxylation is 2. The molecule has 0 unspecified atom stereocenters. The van der Waals surface area contributed by atoms with Gasteiger partial charge < -0.3 is 14.9 Å². The number of benzene rings is 1. The van der Waals surface area contributed by atoms with Crippen LogP contribution in [0.5, 0.6) is 5.75 Å². The molecule has 18 heavy (non-hydrogen) atoms. The van der Waals surface area contributed by atoms with E-state index in [2.05, 4.69) is 4.98 Å². The third kappa shape index (κ3) is 2.16. The molecule has 0 bridgehead atoms. The van der Waals surface area contributed by atoms with Gasteiger partial charge in [-0.2, -0.15) is 4.98 Å². The highest BCUT2D eigenvalue weighted by Gasteiger charge is 2.17. The van der Waals surface area contributed by atoms with Crippen LogP contribution in [0.25, 0.3) is 11.3 Å². The van der Waals surface area contributed by atoms with Gasteiger partial charge in [0, 0.05) is 17.0 Å². The molecular formula is C13H15ClN2O2. The van der Waals surface area contributed by atoms with Crippen molar-refractivity contribution < 1.29 is 9.15 Å². The lowest BCUT2D eigenvalue weighted by atomic mass is 10.1. The standard InChI is InChI=1S/C13H15ClN2O2/c1-4-10-12(16-13(15)18-10)8-6-9(14)7(2)5-11(8)17-3/h5-6H,4H2,1-3H3,(H2,15,16). The van der Waals surface area contributed by atoms with Crippen LogP contribution in [0.2, 0.25) is 5.02 Å². The topological polar surface area (TPSA) is 61.3 Å². The van der Waals surface area contributed by atoms with Crippen LogP contribution in [-0.2, 0) is 6.42 Å². The number of aromatic nitrogens is 1. The highest BCUT2D eigenvalue weighted by atomic mass is 35.5. The molecule has 0 aliphatic carbocycles. The minimum atomic E-state index is 0.153. The van der Waals surface area contributed by atoms with E-state index in [4.69, 9.17) is 26.5 Å². The van der Waals surface area contributed by atoms with E-state index in [-0.39, 0.29) is 6.01 Å². The summed E-state index contributed by atoms with van der Waals surface area (Å²) in [6, 6.07) is 3.86. The highest BCUT2D eigenvalue weighted by Crippen LogP contribution is 2.36. The summed E-state index contributed by atoms with van der Waals surface area (Å²) in [7, 11) is 1.61. The van der Waals surface area contributed by atoms with Crippen LogP contribution in [0.15, 0.2) is 16.5 Å². The molecule has 0 fully saturated rings. The number of oxazole rings is 1. The Labute approximate surface area is 111 Å². The zero-order chi connectivity index (χ0) is 13.3. The van der Waals surface area contributed by atoms with Crippen LogP contribution in [0.1, 0.15) is 18.2 Å². The van der Waals surface area contributed by atoms with E-state index in [1.165, 1.54) is 0 Å². The van der Waals surface area contributed by atoms with Crippen LogP contribution in [0.4, 0.5) is 6.01 Å². The molecule has 4 nitrogen and oxygen atoms in total. The quantitative estimate of drug-likeness (QED) is 0.924. The fourth-order valence-corrected chi connectivity index (χ4v) is 1.99. The molecule has 96 valence electrons. The molecule has 0 amide bonds. The van der Waals surface area contributed by atoms with Crippen molar-refractivity contribution in [2.45, 2.75) is 20.3 Å². The molecule has 1 aromatic carbocycles. The summed E-state index contributed by atoms with van der Waals surface area (Å²) in [6.07, 6.45) is 0.703. The molecule has 0 spiro atoms. The van der Waals surface area contributed by atoms with E-state index < -0.39 is 0 Å². The summed E-state index contributed by atoms with van der Waals surface area (Å²) >= 11 is 6.15. The summed E-state index contributed by atoms with van der Waals surface area (Å²) in [4.78, 5) is 4.20. The van der Waals surface area contributed by atoms with Crippen molar-refractivity contribution in [3.63, 3.8) is 0 Å². The van der Waals surface area contributed by atoms with Gasteiger partial charge >= 0.3 is 0 Å². The average Bonchev–Trinajstić information content (AvgIpc) is 2.73. The maximum Gasteiger partial charge on any atom is 0.292 e. The van der Waals surface area contributed by atoms with Crippen molar-refractivity contribution >= 4 is 17.6 Å². The molecule has 5 heteroatoms. The minimum Gasteiger partial charge on any atom is -0.496 e. The van der Waals surface area contributed by atoms with Crippen molar-refractivity contribution in [1.82, 2.24) is 4.98 Å². The fraction of sp³-hybridized carbons (Fsp3) is 0.308. The number of nitrogens with zero attached hydrogens (tertiary/aromatic N) is 1. The van der Waals surface area contributed by atoms with Gasteiger partial charge in [0.05, 0.1) is 7.11 Å². The summed E-state index contributed by atoms with van der Waals surface area (Å²) in [5.74, 6) is 1.44. The van der Waals surface area contributed by atoms with Gasteiger partial charge in [-0.05, 0) is 24.6 Å². The Morgan fingerprint density at radius 1 is 1.44 bits per heavy atom. The second-order valence-electron chi connectivity index (χ2n) is 3.98. The number of rotatable bonds is 3. The number of hydrogen-bond donors (Lipinski definition) is 1. The van der Waals surface area contributed by atoms with Crippen molar-refractivity contribution in [1.29, 1.82) is 0 Å². The molecule has 2 N–H and O–H groups in total. The van der Waals surface area contributed by atoms with Gasteiger partial charge in [0.1, 0.15) is 17.2 Å². The number of nitrogen functional groups attached to an aromatic ring is 1. The second kappa shape index (κ2) is 4.90. The molecule has 0 radical (unpaired) electrons. The summed E-state index contributed by atoms with van der Waals surface area (Å²) in [5, 5.41) is 0.662. The Balaban J connectivity index is 2.65. The molecule has 1 aromatic heterocycles. The summed E-state index contributed by atoms with van der Waals surface area (Å²) in [5.41, 5.74) is 8.04. The Bertz CT molecular complexity index is 579. The SMILES string of the molecule is CCc1oc(N)nc1-c1cc(Cl)c(C)cc1OC. The second-order valence-corrected chi connectivity index (χ2v) is 4.39. The first-order valence-electron chi connectivity index (χ1n) is 5.66. The summed E-state index contributed by atoms with van der Waals surface area (Å²) in [6.45, 7) is 3.90. The Hall–Kier alpha value is -1.68. The van der Waals surface area contributed by atoms with Crippen LogP contribution < -0.4 is 10.5 Å². The molecule has 2 rings (SSSR count). The third-order valence-corrected chi connectivity index (χ3v) is 3.18. The Morgan fingerprint density at radius 2 is 2.17 bits per heavy atom. The first-order valence-corrected chi connectivity index (χ1v) is 6.04. The lowest BCUT2D eigenvalue weighted by Crippen LogP contribution is -1.93. The zero-order valence-corrected chi connectivity index (χ0v) is 11.3. The van der Waals surface area contributed by atoms with Gasteiger partial charge in [0.15, 0.2) is 0 Å². The van der Waals surface area contributed by atoms with E-state index in [9.17, 15) is 0 Å². The molecule has 0 atom stereocenters. The first-order chi connectivity index (χ1) is 8.56. The van der Waals surface area contributed by atoms with Crippen LogP contribution in [0.3, 0.4) is 0 Å². The van der Waals surface area contributed by atoms with E-state index in [0.717, 1.165) is 16.9 Å². The van der Waals surface area contributed by atoms with Crippen LogP contribution in [-0.4, -0.2) is 12.1 Å². The molecule has 2 aromatic rings. The van der Waals surface area contributed by atoms with Gasteiger partial charge in [-0.1, -0.05) is 18.5 Å². The van der Waals surface area contributed by atoms with E-state index in [1.807, 2.05) is 26.0 Å². The smallest absolute Gasteiger partial charge is 0.292 e. The third-order valence-electron chi connectivity index (χ3n) is 2.77. The van der Waals surface area contributed by atoms with Gasteiger partial charge in [0.2, 0.25) is 0 Å². The maximum absolute atomic E-state index is 6.15. The molecular weight excluding hydrogens is 252 g/mol. The predicted octanol–water partition coefficient (Wildman–Crippen LogP) is 3.46. The van der Waals surface area contributed by atoms with Crippen molar-refractivity contribution in [3.05, 3.63) is 28.5 Å². The summed E-state index contributed by atoms with van der Waals surface area (Å²) < 4.78 is 10.7.